The number of fused-ring (bicyclic) bond motifs is 1. The van der Waals surface area contributed by atoms with Gasteiger partial charge in [-0.2, -0.15) is 0 Å². The molecule has 1 heterocycles. The van der Waals surface area contributed by atoms with E-state index in [2.05, 4.69) is 59.3 Å². The molecule has 2 heteroatoms. The number of pyridine rings is 1. The molecule has 3 unspecified atom stereocenters. The second kappa shape index (κ2) is 5.00. The van der Waals surface area contributed by atoms with Gasteiger partial charge in [-0.15, -0.1) is 0 Å². The predicted molar refractivity (Wildman–Crippen MR) is 80.1 cm³/mol. The van der Waals surface area contributed by atoms with Gasteiger partial charge in [0.2, 0.25) is 0 Å². The molecule has 3 atom stereocenters. The third-order valence-corrected chi connectivity index (χ3v) is 5.55. The van der Waals surface area contributed by atoms with Gasteiger partial charge >= 0.3 is 0 Å². The summed E-state index contributed by atoms with van der Waals surface area (Å²) in [7, 11) is 0. The summed E-state index contributed by atoms with van der Waals surface area (Å²) in [4.78, 5) is 5.48. The number of rotatable bonds is 2. The maximum absolute atomic E-state index is 4.78. The van der Waals surface area contributed by atoms with Gasteiger partial charge in [-0.3, -0.25) is 4.98 Å². The molecule has 1 fully saturated rings. The first kappa shape index (κ1) is 12.2. The SMILES string of the molecule is CC1C(Br)CCC1Cc1ccc2ccccc2n1. The second-order valence-electron chi connectivity index (χ2n) is 5.41. The van der Waals surface area contributed by atoms with Crippen LogP contribution >= 0.6 is 15.9 Å². The van der Waals surface area contributed by atoms with Crippen LogP contribution in [-0.2, 0) is 6.42 Å². The van der Waals surface area contributed by atoms with Crippen molar-refractivity contribution in [3.8, 4) is 0 Å². The van der Waals surface area contributed by atoms with Crippen LogP contribution in [0.5, 0.6) is 0 Å². The molecule has 1 aromatic carbocycles. The Balaban J connectivity index is 1.82. The molecule has 1 saturated carbocycles. The molecule has 94 valence electrons. The van der Waals surface area contributed by atoms with E-state index in [1.54, 1.807) is 0 Å². The van der Waals surface area contributed by atoms with Gasteiger partial charge in [-0.1, -0.05) is 47.1 Å². The third-order valence-electron chi connectivity index (χ3n) is 4.25. The Morgan fingerprint density at radius 3 is 2.78 bits per heavy atom. The average molecular weight is 304 g/mol. The maximum Gasteiger partial charge on any atom is 0.0705 e. The van der Waals surface area contributed by atoms with E-state index >= 15 is 0 Å². The molecule has 0 saturated heterocycles. The fraction of sp³-hybridized carbons (Fsp3) is 0.438. The van der Waals surface area contributed by atoms with Crippen LogP contribution in [0.25, 0.3) is 10.9 Å². The van der Waals surface area contributed by atoms with E-state index < -0.39 is 0 Å². The van der Waals surface area contributed by atoms with E-state index in [-0.39, 0.29) is 0 Å². The average Bonchev–Trinajstić information content (AvgIpc) is 2.71. The highest BCUT2D eigenvalue weighted by molar-refractivity contribution is 9.09. The van der Waals surface area contributed by atoms with Crippen molar-refractivity contribution >= 4 is 26.8 Å². The van der Waals surface area contributed by atoms with Gasteiger partial charge in [0, 0.05) is 15.9 Å². The van der Waals surface area contributed by atoms with E-state index in [0.29, 0.717) is 4.83 Å². The van der Waals surface area contributed by atoms with Gasteiger partial charge in [0.05, 0.1) is 5.52 Å². The molecule has 1 aromatic heterocycles. The zero-order chi connectivity index (χ0) is 12.5. The molecular formula is C16H18BrN. The molecule has 0 amide bonds. The molecule has 0 aliphatic heterocycles. The van der Waals surface area contributed by atoms with Crippen LogP contribution in [0.3, 0.4) is 0 Å². The van der Waals surface area contributed by atoms with Crippen LogP contribution in [0.2, 0.25) is 0 Å². The lowest BCUT2D eigenvalue weighted by atomic mass is 9.93. The van der Waals surface area contributed by atoms with Gasteiger partial charge in [0.15, 0.2) is 0 Å². The molecule has 0 bridgehead atoms. The first-order valence-corrected chi connectivity index (χ1v) is 7.64. The van der Waals surface area contributed by atoms with E-state index in [9.17, 15) is 0 Å². The molecule has 1 aliphatic rings. The molecule has 0 radical (unpaired) electrons. The van der Waals surface area contributed by atoms with E-state index in [1.807, 2.05) is 0 Å². The Morgan fingerprint density at radius 2 is 2.00 bits per heavy atom. The molecule has 1 nitrogen and oxygen atoms in total. The highest BCUT2D eigenvalue weighted by Crippen LogP contribution is 2.38. The minimum absolute atomic E-state index is 0.697. The standard InChI is InChI=1S/C16H18BrN/c1-11-13(7-9-15(11)17)10-14-8-6-12-4-2-3-5-16(12)18-14/h2-6,8,11,13,15H,7,9-10H2,1H3. The van der Waals surface area contributed by atoms with Crippen molar-refractivity contribution in [2.75, 3.05) is 0 Å². The van der Waals surface area contributed by atoms with Crippen molar-refractivity contribution in [1.82, 2.24) is 4.98 Å². The van der Waals surface area contributed by atoms with Crippen LogP contribution < -0.4 is 0 Å². The topological polar surface area (TPSA) is 12.9 Å². The molecule has 1 aliphatic carbocycles. The molecule has 0 N–H and O–H groups in total. The highest BCUT2D eigenvalue weighted by atomic mass is 79.9. The predicted octanol–water partition coefficient (Wildman–Crippen LogP) is 4.59. The summed E-state index contributed by atoms with van der Waals surface area (Å²) in [5.41, 5.74) is 2.36. The lowest BCUT2D eigenvalue weighted by Gasteiger charge is -2.16. The number of benzene rings is 1. The zero-order valence-corrected chi connectivity index (χ0v) is 12.2. The van der Waals surface area contributed by atoms with Crippen molar-refractivity contribution in [2.24, 2.45) is 11.8 Å². The quantitative estimate of drug-likeness (QED) is 0.740. The normalized spacial score (nSPS) is 27.8. The van der Waals surface area contributed by atoms with Gasteiger partial charge in [-0.25, -0.2) is 0 Å². The van der Waals surface area contributed by atoms with Crippen molar-refractivity contribution < 1.29 is 0 Å². The van der Waals surface area contributed by atoms with Crippen LogP contribution in [-0.4, -0.2) is 9.81 Å². The minimum Gasteiger partial charge on any atom is -0.253 e. The van der Waals surface area contributed by atoms with Crippen LogP contribution in [0, 0.1) is 11.8 Å². The Kier molecular flexibility index (Phi) is 3.38. The highest BCUT2D eigenvalue weighted by Gasteiger charge is 2.31. The minimum atomic E-state index is 0.697. The molecule has 18 heavy (non-hydrogen) atoms. The van der Waals surface area contributed by atoms with Crippen molar-refractivity contribution in [3.63, 3.8) is 0 Å². The number of hydrogen-bond donors (Lipinski definition) is 0. The summed E-state index contributed by atoms with van der Waals surface area (Å²) in [6.07, 6.45) is 3.75. The summed E-state index contributed by atoms with van der Waals surface area (Å²) in [6, 6.07) is 12.7. The van der Waals surface area contributed by atoms with Crippen LogP contribution in [0.15, 0.2) is 36.4 Å². The summed E-state index contributed by atoms with van der Waals surface area (Å²) in [5, 5.41) is 1.24. The monoisotopic (exact) mass is 303 g/mol. The Bertz CT molecular complexity index is 552. The maximum atomic E-state index is 4.78. The van der Waals surface area contributed by atoms with E-state index in [1.165, 1.54) is 23.9 Å². The van der Waals surface area contributed by atoms with E-state index in [0.717, 1.165) is 23.8 Å². The van der Waals surface area contributed by atoms with Crippen molar-refractivity contribution in [3.05, 3.63) is 42.1 Å². The number of aromatic nitrogens is 1. The number of halogens is 1. The third kappa shape index (κ3) is 2.31. The fourth-order valence-electron chi connectivity index (χ4n) is 2.97. The second-order valence-corrected chi connectivity index (χ2v) is 6.59. The number of alkyl halides is 1. The van der Waals surface area contributed by atoms with Crippen LogP contribution in [0.4, 0.5) is 0 Å². The number of nitrogens with zero attached hydrogens (tertiary/aromatic N) is 1. The Morgan fingerprint density at radius 1 is 1.17 bits per heavy atom. The van der Waals surface area contributed by atoms with Gasteiger partial charge in [0.25, 0.3) is 0 Å². The summed E-state index contributed by atoms with van der Waals surface area (Å²) in [6.45, 7) is 2.36. The van der Waals surface area contributed by atoms with Gasteiger partial charge < -0.3 is 0 Å². The first-order valence-electron chi connectivity index (χ1n) is 6.73. The largest absolute Gasteiger partial charge is 0.253 e. The molecule has 3 rings (SSSR count). The summed E-state index contributed by atoms with van der Waals surface area (Å²) < 4.78 is 0. The lowest BCUT2D eigenvalue weighted by Crippen LogP contribution is -2.13. The lowest BCUT2D eigenvalue weighted by molar-refractivity contribution is 0.420. The molecular weight excluding hydrogens is 286 g/mol. The van der Waals surface area contributed by atoms with Crippen molar-refractivity contribution in [1.29, 1.82) is 0 Å². The van der Waals surface area contributed by atoms with Crippen LogP contribution in [0.1, 0.15) is 25.5 Å². The Labute approximate surface area is 117 Å². The summed E-state index contributed by atoms with van der Waals surface area (Å²) >= 11 is 3.78. The Hall–Kier alpha value is -0.890. The molecule has 2 aromatic rings. The first-order chi connectivity index (χ1) is 8.74. The molecule has 0 spiro atoms. The number of para-hydroxylation sites is 1. The fourth-order valence-corrected chi connectivity index (χ4v) is 3.67. The van der Waals surface area contributed by atoms with E-state index in [4.69, 9.17) is 4.98 Å². The van der Waals surface area contributed by atoms with Crippen molar-refractivity contribution in [2.45, 2.75) is 31.0 Å². The van der Waals surface area contributed by atoms with Gasteiger partial charge in [0.1, 0.15) is 0 Å². The van der Waals surface area contributed by atoms with Gasteiger partial charge in [-0.05, 0) is 43.2 Å². The summed E-state index contributed by atoms with van der Waals surface area (Å²) in [5.74, 6) is 1.54. The number of hydrogen-bond acceptors (Lipinski definition) is 1. The zero-order valence-electron chi connectivity index (χ0n) is 10.6. The smallest absolute Gasteiger partial charge is 0.0705 e.